The molecule has 0 aliphatic heterocycles. The van der Waals surface area contributed by atoms with Crippen LogP contribution in [0.25, 0.3) is 0 Å². The molecule has 13 heavy (non-hydrogen) atoms. The van der Waals surface area contributed by atoms with Crippen molar-refractivity contribution in [3.8, 4) is 0 Å². The highest BCUT2D eigenvalue weighted by molar-refractivity contribution is 5.93. The van der Waals surface area contributed by atoms with Crippen molar-refractivity contribution in [2.75, 3.05) is 12.3 Å². The SMILES string of the molecule is CCOC(=O)c1c(N)cnn1CC. The Morgan fingerprint density at radius 2 is 2.38 bits per heavy atom. The minimum atomic E-state index is -0.417. The van der Waals surface area contributed by atoms with Crippen LogP contribution in [0.1, 0.15) is 24.3 Å². The molecule has 72 valence electrons. The van der Waals surface area contributed by atoms with Gasteiger partial charge in [0, 0.05) is 6.54 Å². The Morgan fingerprint density at radius 1 is 1.69 bits per heavy atom. The first kappa shape index (κ1) is 9.57. The zero-order valence-corrected chi connectivity index (χ0v) is 7.78. The average Bonchev–Trinajstić information content (AvgIpc) is 2.47. The summed E-state index contributed by atoms with van der Waals surface area (Å²) < 4.78 is 6.35. The number of hydrogen-bond donors (Lipinski definition) is 1. The molecule has 0 spiro atoms. The van der Waals surface area contributed by atoms with Crippen molar-refractivity contribution >= 4 is 11.7 Å². The van der Waals surface area contributed by atoms with Crippen LogP contribution < -0.4 is 5.73 Å². The second-order valence-electron chi connectivity index (χ2n) is 2.48. The van der Waals surface area contributed by atoms with E-state index in [9.17, 15) is 4.79 Å². The highest BCUT2D eigenvalue weighted by Gasteiger charge is 2.16. The van der Waals surface area contributed by atoms with Crippen LogP contribution in [0.2, 0.25) is 0 Å². The third kappa shape index (κ3) is 1.80. The molecule has 0 radical (unpaired) electrons. The van der Waals surface area contributed by atoms with Crippen LogP contribution in [-0.4, -0.2) is 22.4 Å². The molecule has 0 aliphatic carbocycles. The number of nitrogens with two attached hydrogens (primary N) is 1. The molecule has 1 aromatic heterocycles. The molecule has 1 heterocycles. The highest BCUT2D eigenvalue weighted by atomic mass is 16.5. The fraction of sp³-hybridized carbons (Fsp3) is 0.500. The van der Waals surface area contributed by atoms with Crippen LogP contribution in [0, 0.1) is 0 Å². The van der Waals surface area contributed by atoms with Gasteiger partial charge in [-0.2, -0.15) is 5.10 Å². The number of rotatable bonds is 3. The molecule has 0 atom stereocenters. The lowest BCUT2D eigenvalue weighted by Gasteiger charge is -2.04. The smallest absolute Gasteiger partial charge is 0.358 e. The molecule has 5 heteroatoms. The lowest BCUT2D eigenvalue weighted by atomic mass is 10.4. The Hall–Kier alpha value is -1.52. The van der Waals surface area contributed by atoms with Crippen molar-refractivity contribution in [2.45, 2.75) is 20.4 Å². The summed E-state index contributed by atoms with van der Waals surface area (Å²) >= 11 is 0. The topological polar surface area (TPSA) is 70.1 Å². The maximum atomic E-state index is 11.3. The molecular formula is C8H13N3O2. The Balaban J connectivity index is 2.96. The van der Waals surface area contributed by atoms with Crippen LogP contribution in [-0.2, 0) is 11.3 Å². The fourth-order valence-corrected chi connectivity index (χ4v) is 1.06. The summed E-state index contributed by atoms with van der Waals surface area (Å²) in [5, 5.41) is 3.93. The normalized spacial score (nSPS) is 10.0. The van der Waals surface area contributed by atoms with Crippen LogP contribution in [0.15, 0.2) is 6.20 Å². The third-order valence-electron chi connectivity index (χ3n) is 1.64. The van der Waals surface area contributed by atoms with Crippen LogP contribution in [0.5, 0.6) is 0 Å². The highest BCUT2D eigenvalue weighted by Crippen LogP contribution is 2.11. The van der Waals surface area contributed by atoms with Gasteiger partial charge in [0.05, 0.1) is 18.5 Å². The van der Waals surface area contributed by atoms with E-state index in [1.165, 1.54) is 10.9 Å². The molecule has 0 fully saturated rings. The van der Waals surface area contributed by atoms with Crippen molar-refractivity contribution in [1.29, 1.82) is 0 Å². The lowest BCUT2D eigenvalue weighted by molar-refractivity contribution is 0.0513. The molecule has 0 saturated carbocycles. The Morgan fingerprint density at radius 3 is 2.92 bits per heavy atom. The van der Waals surface area contributed by atoms with Gasteiger partial charge in [-0.1, -0.05) is 0 Å². The molecule has 0 unspecified atom stereocenters. The van der Waals surface area contributed by atoms with E-state index in [2.05, 4.69) is 5.10 Å². The van der Waals surface area contributed by atoms with Crippen LogP contribution in [0.3, 0.4) is 0 Å². The average molecular weight is 183 g/mol. The number of carbonyl (C=O) groups is 1. The monoisotopic (exact) mass is 183 g/mol. The molecule has 0 aliphatic rings. The van der Waals surface area contributed by atoms with Crippen molar-refractivity contribution in [1.82, 2.24) is 9.78 Å². The van der Waals surface area contributed by atoms with Gasteiger partial charge in [0.25, 0.3) is 0 Å². The number of nitrogens with zero attached hydrogens (tertiary/aromatic N) is 2. The molecule has 0 amide bonds. The van der Waals surface area contributed by atoms with Gasteiger partial charge in [-0.25, -0.2) is 4.79 Å². The Kier molecular flexibility index (Phi) is 2.89. The van der Waals surface area contributed by atoms with Crippen molar-refractivity contribution in [3.63, 3.8) is 0 Å². The molecule has 0 aromatic carbocycles. The number of aromatic nitrogens is 2. The van der Waals surface area contributed by atoms with Crippen molar-refractivity contribution in [2.24, 2.45) is 0 Å². The van der Waals surface area contributed by atoms with Gasteiger partial charge in [0.1, 0.15) is 0 Å². The summed E-state index contributed by atoms with van der Waals surface area (Å²) in [6.07, 6.45) is 1.45. The number of hydrogen-bond acceptors (Lipinski definition) is 4. The van der Waals surface area contributed by atoms with Gasteiger partial charge >= 0.3 is 5.97 Å². The minimum Gasteiger partial charge on any atom is -0.461 e. The number of anilines is 1. The van der Waals surface area contributed by atoms with Gasteiger partial charge in [-0.3, -0.25) is 4.68 Å². The minimum absolute atomic E-state index is 0.337. The van der Waals surface area contributed by atoms with E-state index in [0.717, 1.165) is 0 Å². The van der Waals surface area contributed by atoms with Crippen LogP contribution in [0.4, 0.5) is 5.69 Å². The molecule has 2 N–H and O–H groups in total. The summed E-state index contributed by atoms with van der Waals surface area (Å²) in [7, 11) is 0. The van der Waals surface area contributed by atoms with Gasteiger partial charge < -0.3 is 10.5 Å². The van der Waals surface area contributed by atoms with E-state index in [-0.39, 0.29) is 0 Å². The molecular weight excluding hydrogens is 170 g/mol. The van der Waals surface area contributed by atoms with E-state index in [1.807, 2.05) is 6.92 Å². The van der Waals surface area contributed by atoms with E-state index in [4.69, 9.17) is 10.5 Å². The number of ether oxygens (including phenoxy) is 1. The summed E-state index contributed by atoms with van der Waals surface area (Å²) in [6.45, 7) is 4.58. The summed E-state index contributed by atoms with van der Waals surface area (Å²) in [5.74, 6) is -0.417. The van der Waals surface area contributed by atoms with E-state index in [0.29, 0.717) is 24.5 Å². The van der Waals surface area contributed by atoms with E-state index >= 15 is 0 Å². The molecule has 5 nitrogen and oxygen atoms in total. The third-order valence-corrected chi connectivity index (χ3v) is 1.64. The quantitative estimate of drug-likeness (QED) is 0.699. The summed E-state index contributed by atoms with van der Waals surface area (Å²) in [4.78, 5) is 11.3. The second-order valence-corrected chi connectivity index (χ2v) is 2.48. The largest absolute Gasteiger partial charge is 0.461 e. The van der Waals surface area contributed by atoms with Crippen molar-refractivity contribution < 1.29 is 9.53 Å². The van der Waals surface area contributed by atoms with E-state index < -0.39 is 5.97 Å². The Labute approximate surface area is 76.5 Å². The standard InChI is InChI=1S/C8H13N3O2/c1-3-11-7(6(9)5-10-11)8(12)13-4-2/h5H,3-4,9H2,1-2H3. The number of aryl methyl sites for hydroxylation is 1. The molecule has 0 bridgehead atoms. The van der Waals surface area contributed by atoms with Crippen LogP contribution >= 0.6 is 0 Å². The first-order valence-electron chi connectivity index (χ1n) is 4.19. The zero-order chi connectivity index (χ0) is 9.84. The lowest BCUT2D eigenvalue weighted by Crippen LogP contribution is -2.14. The summed E-state index contributed by atoms with van der Waals surface area (Å²) in [6, 6.07) is 0. The molecule has 1 rings (SSSR count). The predicted octanol–water partition coefficient (Wildman–Crippen LogP) is 0.662. The first-order valence-corrected chi connectivity index (χ1v) is 4.19. The maximum absolute atomic E-state index is 11.3. The van der Waals surface area contributed by atoms with E-state index in [1.54, 1.807) is 6.92 Å². The summed E-state index contributed by atoms with van der Waals surface area (Å²) in [5.41, 5.74) is 6.26. The molecule has 1 aromatic rings. The maximum Gasteiger partial charge on any atom is 0.358 e. The van der Waals surface area contributed by atoms with Gasteiger partial charge in [0.15, 0.2) is 5.69 Å². The number of carbonyl (C=O) groups excluding carboxylic acids is 1. The molecule has 0 saturated heterocycles. The van der Waals surface area contributed by atoms with Gasteiger partial charge in [-0.15, -0.1) is 0 Å². The number of esters is 1. The Bertz CT molecular complexity index is 306. The van der Waals surface area contributed by atoms with Gasteiger partial charge in [-0.05, 0) is 13.8 Å². The zero-order valence-electron chi connectivity index (χ0n) is 7.78. The predicted molar refractivity (Wildman–Crippen MR) is 48.3 cm³/mol. The second kappa shape index (κ2) is 3.93. The fourth-order valence-electron chi connectivity index (χ4n) is 1.06. The van der Waals surface area contributed by atoms with Gasteiger partial charge in [0.2, 0.25) is 0 Å². The number of nitrogen functional groups attached to an aromatic ring is 1. The first-order chi connectivity index (χ1) is 6.20. The van der Waals surface area contributed by atoms with Crippen molar-refractivity contribution in [3.05, 3.63) is 11.9 Å².